The number of thiazole rings is 1. The summed E-state index contributed by atoms with van der Waals surface area (Å²) in [5.41, 5.74) is 3.06. The first-order chi connectivity index (χ1) is 16.4. The molecule has 0 saturated carbocycles. The van der Waals surface area contributed by atoms with Gasteiger partial charge in [-0.3, -0.25) is 4.79 Å². The Morgan fingerprint density at radius 3 is 2.71 bits per heavy atom. The van der Waals surface area contributed by atoms with Gasteiger partial charge in [-0.2, -0.15) is 0 Å². The largest absolute Gasteiger partial charge is 0.481 e. The number of amides is 1. The van der Waals surface area contributed by atoms with Crippen LogP contribution < -0.4 is 10.1 Å². The highest BCUT2D eigenvalue weighted by Crippen LogP contribution is 2.30. The molecule has 1 N–H and O–H groups in total. The second kappa shape index (κ2) is 11.0. The van der Waals surface area contributed by atoms with E-state index in [1.807, 2.05) is 73.2 Å². The maximum absolute atomic E-state index is 12.5. The Balaban J connectivity index is 1.36. The summed E-state index contributed by atoms with van der Waals surface area (Å²) in [6.07, 6.45) is -0.356. The first-order valence-corrected chi connectivity index (χ1v) is 13.0. The van der Waals surface area contributed by atoms with Crippen molar-refractivity contribution < 1.29 is 9.53 Å². The molecule has 1 atom stereocenters. The second-order valence-electron chi connectivity index (χ2n) is 7.52. The molecule has 0 spiro atoms. The van der Waals surface area contributed by atoms with E-state index in [1.165, 1.54) is 28.7 Å². The van der Waals surface area contributed by atoms with Gasteiger partial charge >= 0.3 is 0 Å². The molecule has 4 aromatic rings. The maximum atomic E-state index is 12.5. The van der Waals surface area contributed by atoms with Crippen molar-refractivity contribution in [2.24, 2.45) is 0 Å². The van der Waals surface area contributed by atoms with Crippen LogP contribution >= 0.6 is 34.7 Å². The van der Waals surface area contributed by atoms with Crippen LogP contribution in [0.4, 0.5) is 5.13 Å². The quantitative estimate of drug-likeness (QED) is 0.266. The van der Waals surface area contributed by atoms with Gasteiger partial charge in [0.25, 0.3) is 0 Å². The molecule has 10 heteroatoms. The molecule has 2 heterocycles. The van der Waals surface area contributed by atoms with Gasteiger partial charge < -0.3 is 14.6 Å². The van der Waals surface area contributed by atoms with E-state index in [0.717, 1.165) is 11.3 Å². The lowest BCUT2D eigenvalue weighted by atomic mass is 10.1. The molecule has 1 amide bonds. The van der Waals surface area contributed by atoms with E-state index < -0.39 is 0 Å². The lowest BCUT2D eigenvalue weighted by Gasteiger charge is -2.16. The van der Waals surface area contributed by atoms with Gasteiger partial charge in [0.05, 0.1) is 16.5 Å². The summed E-state index contributed by atoms with van der Waals surface area (Å²) in [5, 5.41) is 15.1. The summed E-state index contributed by atoms with van der Waals surface area (Å²) in [5.74, 6) is 1.30. The van der Waals surface area contributed by atoms with Crippen LogP contribution in [0.25, 0.3) is 11.3 Å². The third kappa shape index (κ3) is 5.78. The molecule has 0 bridgehead atoms. The molecule has 0 saturated heterocycles. The summed E-state index contributed by atoms with van der Waals surface area (Å²) >= 11 is 8.94. The van der Waals surface area contributed by atoms with Crippen molar-refractivity contribution in [2.75, 3.05) is 11.1 Å². The Kier molecular flexibility index (Phi) is 7.87. The van der Waals surface area contributed by atoms with Crippen LogP contribution in [-0.2, 0) is 11.3 Å². The summed E-state index contributed by atoms with van der Waals surface area (Å²) in [7, 11) is 0. The molecule has 1 unspecified atom stereocenters. The first-order valence-electron chi connectivity index (χ1n) is 10.7. The highest BCUT2D eigenvalue weighted by molar-refractivity contribution is 7.99. The molecule has 176 valence electrons. The van der Waals surface area contributed by atoms with Crippen molar-refractivity contribution in [3.8, 4) is 17.0 Å². The molecule has 0 aliphatic rings. The van der Waals surface area contributed by atoms with Crippen LogP contribution in [0.15, 0.2) is 59.1 Å². The standard InChI is InChI=1S/C24H24ClN5O2S2/c1-4-30-22(16(3)32-20-8-6-5-7-18(20)25)28-29-24(30)34-14-21(31)27-23-26-19(13-33-23)17-11-9-15(2)10-12-17/h5-13,16H,4,14H2,1-3H3,(H,26,27,31). The van der Waals surface area contributed by atoms with Gasteiger partial charge in [0.15, 0.2) is 22.2 Å². The number of nitrogens with zero attached hydrogens (tertiary/aromatic N) is 4. The van der Waals surface area contributed by atoms with E-state index in [9.17, 15) is 4.79 Å². The molecular formula is C24H24ClN5O2S2. The first kappa shape index (κ1) is 24.3. The molecule has 7 nitrogen and oxygen atoms in total. The van der Waals surface area contributed by atoms with Gasteiger partial charge in [-0.1, -0.05) is 65.3 Å². The molecule has 4 rings (SSSR count). The molecule has 0 aliphatic carbocycles. The van der Waals surface area contributed by atoms with Gasteiger partial charge in [-0.25, -0.2) is 4.98 Å². The average molecular weight is 514 g/mol. The van der Waals surface area contributed by atoms with Gasteiger partial charge in [0.1, 0.15) is 5.75 Å². The molecule has 2 aromatic heterocycles. The number of benzene rings is 2. The second-order valence-corrected chi connectivity index (χ2v) is 9.72. The third-order valence-corrected chi connectivity index (χ3v) is 7.03. The number of aromatic nitrogens is 4. The van der Waals surface area contributed by atoms with Crippen molar-refractivity contribution in [1.82, 2.24) is 19.7 Å². The van der Waals surface area contributed by atoms with Crippen LogP contribution in [-0.4, -0.2) is 31.4 Å². The Labute approximate surface area is 211 Å². The van der Waals surface area contributed by atoms with Crippen molar-refractivity contribution in [3.05, 3.63) is 70.3 Å². The summed E-state index contributed by atoms with van der Waals surface area (Å²) in [4.78, 5) is 17.1. The fourth-order valence-electron chi connectivity index (χ4n) is 3.26. The Bertz CT molecular complexity index is 1270. The number of carbonyl (C=O) groups excluding carboxylic acids is 1. The van der Waals surface area contributed by atoms with E-state index in [4.69, 9.17) is 16.3 Å². The Hall–Kier alpha value is -2.88. The molecule has 0 fully saturated rings. The fraction of sp³-hybridized carbons (Fsp3) is 0.250. The zero-order valence-electron chi connectivity index (χ0n) is 19.0. The van der Waals surface area contributed by atoms with Gasteiger partial charge in [-0.15, -0.1) is 21.5 Å². The van der Waals surface area contributed by atoms with E-state index in [2.05, 4.69) is 20.5 Å². The SMILES string of the molecule is CCn1c(SCC(=O)Nc2nc(-c3ccc(C)cc3)cs2)nnc1C(C)Oc1ccccc1Cl. The van der Waals surface area contributed by atoms with Crippen molar-refractivity contribution in [3.63, 3.8) is 0 Å². The molecular weight excluding hydrogens is 490 g/mol. The number of ether oxygens (including phenoxy) is 1. The third-order valence-electron chi connectivity index (χ3n) is 5.00. The maximum Gasteiger partial charge on any atom is 0.236 e. The average Bonchev–Trinajstić information content (AvgIpc) is 3.46. The van der Waals surface area contributed by atoms with E-state index in [-0.39, 0.29) is 17.8 Å². The number of anilines is 1. The smallest absolute Gasteiger partial charge is 0.236 e. The number of halogens is 1. The van der Waals surface area contributed by atoms with Crippen LogP contribution in [0.5, 0.6) is 5.75 Å². The Morgan fingerprint density at radius 2 is 1.97 bits per heavy atom. The number of carbonyl (C=O) groups is 1. The molecule has 34 heavy (non-hydrogen) atoms. The van der Waals surface area contributed by atoms with Gasteiger partial charge in [0, 0.05) is 17.5 Å². The van der Waals surface area contributed by atoms with Crippen molar-refractivity contribution in [2.45, 2.75) is 38.6 Å². The van der Waals surface area contributed by atoms with Crippen molar-refractivity contribution >= 4 is 45.7 Å². The minimum Gasteiger partial charge on any atom is -0.481 e. The highest BCUT2D eigenvalue weighted by Gasteiger charge is 2.20. The zero-order valence-corrected chi connectivity index (χ0v) is 21.4. The van der Waals surface area contributed by atoms with E-state index in [0.29, 0.717) is 33.4 Å². The van der Waals surface area contributed by atoms with Crippen molar-refractivity contribution in [1.29, 1.82) is 0 Å². The Morgan fingerprint density at radius 1 is 1.21 bits per heavy atom. The number of para-hydroxylation sites is 1. The lowest BCUT2D eigenvalue weighted by molar-refractivity contribution is -0.113. The summed E-state index contributed by atoms with van der Waals surface area (Å²) in [6, 6.07) is 15.4. The van der Waals surface area contributed by atoms with Gasteiger partial charge in [-0.05, 0) is 32.9 Å². The number of hydrogen-bond acceptors (Lipinski definition) is 7. The highest BCUT2D eigenvalue weighted by atomic mass is 35.5. The number of rotatable bonds is 9. The summed E-state index contributed by atoms with van der Waals surface area (Å²) in [6.45, 7) is 6.59. The van der Waals surface area contributed by atoms with E-state index >= 15 is 0 Å². The predicted molar refractivity (Wildman–Crippen MR) is 138 cm³/mol. The van der Waals surface area contributed by atoms with Crippen LogP contribution in [0.3, 0.4) is 0 Å². The number of aryl methyl sites for hydroxylation is 1. The van der Waals surface area contributed by atoms with Crippen LogP contribution in [0, 0.1) is 6.92 Å². The number of thioether (sulfide) groups is 1. The zero-order chi connectivity index (χ0) is 24.1. The number of hydrogen-bond donors (Lipinski definition) is 1. The van der Waals surface area contributed by atoms with Gasteiger partial charge in [0.2, 0.25) is 5.91 Å². The summed E-state index contributed by atoms with van der Waals surface area (Å²) < 4.78 is 7.93. The minimum absolute atomic E-state index is 0.151. The lowest BCUT2D eigenvalue weighted by Crippen LogP contribution is -2.15. The molecule has 0 aliphatic heterocycles. The molecule has 2 aromatic carbocycles. The topological polar surface area (TPSA) is 81.9 Å². The minimum atomic E-state index is -0.356. The predicted octanol–water partition coefficient (Wildman–Crippen LogP) is 6.25. The monoisotopic (exact) mass is 513 g/mol. The van der Waals surface area contributed by atoms with E-state index in [1.54, 1.807) is 6.07 Å². The number of nitrogens with one attached hydrogen (secondary N) is 1. The van der Waals surface area contributed by atoms with Crippen LogP contribution in [0.2, 0.25) is 5.02 Å². The fourth-order valence-corrected chi connectivity index (χ4v) is 4.99. The molecule has 0 radical (unpaired) electrons. The normalized spacial score (nSPS) is 11.9. The van der Waals surface area contributed by atoms with Crippen LogP contribution in [0.1, 0.15) is 31.3 Å².